The highest BCUT2D eigenvalue weighted by Crippen LogP contribution is 2.27. The minimum atomic E-state index is -0.516. The Kier molecular flexibility index (Phi) is 5.46. The molecule has 28 heavy (non-hydrogen) atoms. The minimum Gasteiger partial charge on any atom is -0.326 e. The van der Waals surface area contributed by atoms with Gasteiger partial charge in [0.05, 0.1) is 10.6 Å². The molecule has 3 rings (SSSR count). The van der Waals surface area contributed by atoms with E-state index in [0.717, 1.165) is 5.56 Å². The summed E-state index contributed by atoms with van der Waals surface area (Å²) < 4.78 is 0. The number of nitrogens with zero attached hydrogens (tertiary/aromatic N) is 2. The number of hydrogen-bond donors (Lipinski definition) is 2. The summed E-state index contributed by atoms with van der Waals surface area (Å²) in [6.07, 6.45) is 0. The Morgan fingerprint density at radius 2 is 1.82 bits per heavy atom. The first-order valence-electron chi connectivity index (χ1n) is 8.24. The molecular formula is C19H16N4O4S. The van der Waals surface area contributed by atoms with Gasteiger partial charge in [-0.2, -0.15) is 0 Å². The van der Waals surface area contributed by atoms with Crippen molar-refractivity contribution in [1.29, 1.82) is 0 Å². The van der Waals surface area contributed by atoms with E-state index in [2.05, 4.69) is 15.6 Å². The van der Waals surface area contributed by atoms with Crippen molar-refractivity contribution < 1.29 is 14.5 Å². The van der Waals surface area contributed by atoms with Gasteiger partial charge >= 0.3 is 0 Å². The van der Waals surface area contributed by atoms with Gasteiger partial charge in [0.25, 0.3) is 11.6 Å². The van der Waals surface area contributed by atoms with Crippen LogP contribution in [0.15, 0.2) is 47.8 Å². The van der Waals surface area contributed by atoms with E-state index in [4.69, 9.17) is 0 Å². The average molecular weight is 396 g/mol. The third-order valence-corrected chi connectivity index (χ3v) is 4.73. The molecule has 0 spiro atoms. The normalized spacial score (nSPS) is 10.4. The number of hydrogen-bond acceptors (Lipinski definition) is 6. The van der Waals surface area contributed by atoms with Crippen LogP contribution in [-0.2, 0) is 4.79 Å². The van der Waals surface area contributed by atoms with E-state index in [1.807, 2.05) is 12.1 Å². The largest absolute Gasteiger partial charge is 0.326 e. The highest BCUT2D eigenvalue weighted by atomic mass is 32.1. The maximum Gasteiger partial charge on any atom is 0.273 e. The number of anilines is 2. The van der Waals surface area contributed by atoms with E-state index in [1.165, 1.54) is 43.4 Å². The van der Waals surface area contributed by atoms with E-state index >= 15 is 0 Å². The van der Waals surface area contributed by atoms with Gasteiger partial charge in [-0.05, 0) is 25.1 Å². The van der Waals surface area contributed by atoms with Gasteiger partial charge in [0, 0.05) is 40.7 Å². The number of benzene rings is 2. The van der Waals surface area contributed by atoms with Crippen molar-refractivity contribution in [3.05, 3.63) is 69.1 Å². The molecule has 1 heterocycles. The van der Waals surface area contributed by atoms with Crippen molar-refractivity contribution in [3.8, 4) is 11.3 Å². The van der Waals surface area contributed by atoms with Crippen LogP contribution in [0.5, 0.6) is 0 Å². The Hall–Kier alpha value is -3.59. The molecule has 0 saturated carbocycles. The van der Waals surface area contributed by atoms with Gasteiger partial charge in [-0.25, -0.2) is 4.98 Å². The number of carbonyl (C=O) groups excluding carboxylic acids is 2. The van der Waals surface area contributed by atoms with Crippen molar-refractivity contribution in [2.45, 2.75) is 13.8 Å². The number of nitro benzene ring substituents is 1. The van der Waals surface area contributed by atoms with Gasteiger partial charge in [-0.3, -0.25) is 25.0 Å². The summed E-state index contributed by atoms with van der Waals surface area (Å²) in [5, 5.41) is 18.6. The lowest BCUT2D eigenvalue weighted by molar-refractivity contribution is -0.385. The summed E-state index contributed by atoms with van der Waals surface area (Å²) >= 11 is 1.25. The zero-order chi connectivity index (χ0) is 20.3. The smallest absolute Gasteiger partial charge is 0.273 e. The second-order valence-corrected chi connectivity index (χ2v) is 6.82. The SMILES string of the molecule is CC(=O)Nc1ccc(-c2csc(NC(=O)c3cccc([N+](=O)[O-])c3C)n2)cc1. The Labute approximate surface area is 164 Å². The van der Waals surface area contributed by atoms with Crippen LogP contribution in [0.2, 0.25) is 0 Å². The average Bonchev–Trinajstić information content (AvgIpc) is 3.10. The summed E-state index contributed by atoms with van der Waals surface area (Å²) in [7, 11) is 0. The number of carbonyl (C=O) groups is 2. The molecule has 0 aliphatic rings. The van der Waals surface area contributed by atoms with E-state index < -0.39 is 10.8 Å². The second-order valence-electron chi connectivity index (χ2n) is 5.96. The zero-order valence-corrected chi connectivity index (χ0v) is 15.9. The summed E-state index contributed by atoms with van der Waals surface area (Å²) in [4.78, 5) is 38.5. The first-order chi connectivity index (χ1) is 13.3. The molecular weight excluding hydrogens is 380 g/mol. The van der Waals surface area contributed by atoms with Crippen molar-refractivity contribution in [2.24, 2.45) is 0 Å². The van der Waals surface area contributed by atoms with Gasteiger partial charge in [0.15, 0.2) is 5.13 Å². The van der Waals surface area contributed by atoms with Crippen LogP contribution < -0.4 is 10.6 Å². The van der Waals surface area contributed by atoms with Crippen LogP contribution in [0.1, 0.15) is 22.8 Å². The van der Waals surface area contributed by atoms with Gasteiger partial charge in [0.2, 0.25) is 5.91 Å². The number of rotatable bonds is 5. The van der Waals surface area contributed by atoms with Crippen LogP contribution in [0, 0.1) is 17.0 Å². The van der Waals surface area contributed by atoms with E-state index in [9.17, 15) is 19.7 Å². The van der Waals surface area contributed by atoms with Crippen LogP contribution in [0.3, 0.4) is 0 Å². The fourth-order valence-electron chi connectivity index (χ4n) is 2.62. The topological polar surface area (TPSA) is 114 Å². The quantitative estimate of drug-likeness (QED) is 0.495. The summed E-state index contributed by atoms with van der Waals surface area (Å²) in [6.45, 7) is 2.98. The molecule has 0 aliphatic heterocycles. The van der Waals surface area contributed by atoms with Crippen molar-refractivity contribution in [2.75, 3.05) is 10.6 Å². The third kappa shape index (κ3) is 4.21. The van der Waals surface area contributed by atoms with Gasteiger partial charge < -0.3 is 5.32 Å². The standard InChI is InChI=1S/C19H16N4O4S/c1-11-15(4-3-5-17(11)23(26)27)18(25)22-19-21-16(10-28-19)13-6-8-14(9-7-13)20-12(2)24/h3-10H,1-2H3,(H,20,24)(H,21,22,25). The molecule has 0 fully saturated rings. The van der Waals surface area contributed by atoms with Crippen LogP contribution in [0.25, 0.3) is 11.3 Å². The van der Waals surface area contributed by atoms with E-state index in [0.29, 0.717) is 22.1 Å². The van der Waals surface area contributed by atoms with Gasteiger partial charge in [0.1, 0.15) is 0 Å². The maximum atomic E-state index is 12.5. The molecule has 2 amide bonds. The molecule has 0 bridgehead atoms. The van der Waals surface area contributed by atoms with Crippen molar-refractivity contribution >= 4 is 39.7 Å². The van der Waals surface area contributed by atoms with E-state index in [-0.39, 0.29) is 17.2 Å². The highest BCUT2D eigenvalue weighted by molar-refractivity contribution is 7.14. The van der Waals surface area contributed by atoms with E-state index in [1.54, 1.807) is 17.5 Å². The Morgan fingerprint density at radius 1 is 1.11 bits per heavy atom. The van der Waals surface area contributed by atoms with Crippen LogP contribution in [0.4, 0.5) is 16.5 Å². The molecule has 2 N–H and O–H groups in total. The number of nitrogens with one attached hydrogen (secondary N) is 2. The molecule has 142 valence electrons. The number of nitro groups is 1. The second kappa shape index (κ2) is 7.97. The molecule has 0 unspecified atom stereocenters. The number of amides is 2. The number of aromatic nitrogens is 1. The fourth-order valence-corrected chi connectivity index (χ4v) is 3.34. The molecule has 1 aromatic heterocycles. The van der Waals surface area contributed by atoms with Gasteiger partial charge in [-0.1, -0.05) is 18.2 Å². The first kappa shape index (κ1) is 19.2. The zero-order valence-electron chi connectivity index (χ0n) is 15.1. The van der Waals surface area contributed by atoms with Crippen molar-refractivity contribution in [3.63, 3.8) is 0 Å². The molecule has 0 aliphatic carbocycles. The third-order valence-electron chi connectivity index (χ3n) is 3.97. The Morgan fingerprint density at radius 3 is 2.46 bits per heavy atom. The minimum absolute atomic E-state index is 0.105. The highest BCUT2D eigenvalue weighted by Gasteiger charge is 2.19. The summed E-state index contributed by atoms with van der Waals surface area (Å²) in [5.41, 5.74) is 2.61. The molecule has 8 nitrogen and oxygen atoms in total. The first-order valence-corrected chi connectivity index (χ1v) is 9.12. The molecule has 3 aromatic rings. The monoisotopic (exact) mass is 396 g/mol. The maximum absolute atomic E-state index is 12.5. The summed E-state index contributed by atoms with van der Waals surface area (Å²) in [5.74, 6) is -0.606. The lowest BCUT2D eigenvalue weighted by Gasteiger charge is -2.06. The van der Waals surface area contributed by atoms with Gasteiger partial charge in [-0.15, -0.1) is 11.3 Å². The fraction of sp³-hybridized carbons (Fsp3) is 0.105. The Bertz CT molecular complexity index is 1060. The molecule has 0 radical (unpaired) electrons. The predicted molar refractivity (Wildman–Crippen MR) is 108 cm³/mol. The Balaban J connectivity index is 1.76. The molecule has 9 heteroatoms. The summed E-state index contributed by atoms with van der Waals surface area (Å²) in [6, 6.07) is 11.5. The lowest BCUT2D eigenvalue weighted by atomic mass is 10.1. The number of thiazole rings is 1. The van der Waals surface area contributed by atoms with Crippen LogP contribution >= 0.6 is 11.3 Å². The molecule has 0 atom stereocenters. The lowest BCUT2D eigenvalue weighted by Crippen LogP contribution is -2.14. The molecule has 2 aromatic carbocycles. The van der Waals surface area contributed by atoms with Crippen LogP contribution in [-0.4, -0.2) is 21.7 Å². The molecule has 0 saturated heterocycles. The predicted octanol–water partition coefficient (Wildman–Crippen LogP) is 4.24. The van der Waals surface area contributed by atoms with Crippen molar-refractivity contribution in [1.82, 2.24) is 4.98 Å².